The van der Waals surface area contributed by atoms with Crippen molar-refractivity contribution in [2.75, 3.05) is 0 Å². The second-order valence-electron chi connectivity index (χ2n) is 4.13. The molecule has 2 rings (SSSR count). The van der Waals surface area contributed by atoms with Crippen LogP contribution >= 0.6 is 0 Å². The maximum Gasteiger partial charge on any atom is 0.306 e. The first-order chi connectivity index (χ1) is 7.75. The van der Waals surface area contributed by atoms with E-state index in [1.807, 2.05) is 0 Å². The Morgan fingerprint density at radius 3 is 3.19 bits per heavy atom. The molecular formula is C10H15N3O3. The number of rotatable bonds is 4. The second-order valence-corrected chi connectivity index (χ2v) is 4.13. The Kier molecular flexibility index (Phi) is 3.51. The van der Waals surface area contributed by atoms with Crippen LogP contribution in [0.3, 0.4) is 0 Å². The van der Waals surface area contributed by atoms with Crippen LogP contribution in [0.4, 0.5) is 0 Å². The van der Waals surface area contributed by atoms with Gasteiger partial charge in [0.1, 0.15) is 0 Å². The molecule has 2 atom stereocenters. The van der Waals surface area contributed by atoms with E-state index in [0.29, 0.717) is 18.8 Å². The standard InChI is InChI=1S/C10H15N3O3/c14-10(15)7-2-1-3-8(4-7)11-5-9-12-6-16-13-9/h6-8,11H,1-5H2,(H,14,15). The molecule has 6 nitrogen and oxygen atoms in total. The van der Waals surface area contributed by atoms with Crippen LogP contribution in [0.2, 0.25) is 0 Å². The van der Waals surface area contributed by atoms with Crippen molar-refractivity contribution in [2.45, 2.75) is 38.3 Å². The van der Waals surface area contributed by atoms with E-state index in [0.717, 1.165) is 19.3 Å². The molecule has 1 fully saturated rings. The minimum Gasteiger partial charge on any atom is -0.481 e. The number of carboxylic acid groups (broad SMARTS) is 1. The van der Waals surface area contributed by atoms with Gasteiger partial charge in [-0.2, -0.15) is 4.98 Å². The van der Waals surface area contributed by atoms with E-state index in [2.05, 4.69) is 20.0 Å². The predicted octanol–water partition coefficient (Wildman–Crippen LogP) is 0.803. The molecule has 0 radical (unpaired) electrons. The predicted molar refractivity (Wildman–Crippen MR) is 54.5 cm³/mol. The average Bonchev–Trinajstić information content (AvgIpc) is 2.79. The summed E-state index contributed by atoms with van der Waals surface area (Å²) in [7, 11) is 0. The van der Waals surface area contributed by atoms with Crippen LogP contribution in [0.1, 0.15) is 31.5 Å². The van der Waals surface area contributed by atoms with Gasteiger partial charge in [0.2, 0.25) is 6.39 Å². The zero-order valence-corrected chi connectivity index (χ0v) is 8.93. The van der Waals surface area contributed by atoms with Gasteiger partial charge in [0.25, 0.3) is 0 Å². The molecule has 0 saturated heterocycles. The van der Waals surface area contributed by atoms with E-state index in [9.17, 15) is 4.79 Å². The number of carboxylic acids is 1. The zero-order chi connectivity index (χ0) is 11.4. The molecule has 6 heteroatoms. The lowest BCUT2D eigenvalue weighted by Crippen LogP contribution is -2.36. The molecule has 1 aliphatic rings. The molecule has 2 unspecified atom stereocenters. The summed E-state index contributed by atoms with van der Waals surface area (Å²) in [4.78, 5) is 14.8. The van der Waals surface area contributed by atoms with Gasteiger partial charge in [-0.05, 0) is 19.3 Å². The number of aliphatic carboxylic acids is 1. The summed E-state index contributed by atoms with van der Waals surface area (Å²) in [5.74, 6) is -0.292. The van der Waals surface area contributed by atoms with E-state index in [1.165, 1.54) is 6.39 Å². The number of aromatic nitrogens is 2. The van der Waals surface area contributed by atoms with E-state index < -0.39 is 5.97 Å². The summed E-state index contributed by atoms with van der Waals surface area (Å²) >= 11 is 0. The highest BCUT2D eigenvalue weighted by Gasteiger charge is 2.26. The first-order valence-corrected chi connectivity index (χ1v) is 5.47. The summed E-state index contributed by atoms with van der Waals surface area (Å²) in [5, 5.41) is 15.9. The van der Waals surface area contributed by atoms with Gasteiger partial charge in [-0.1, -0.05) is 11.6 Å². The van der Waals surface area contributed by atoms with E-state index in [-0.39, 0.29) is 12.0 Å². The minimum atomic E-state index is -0.689. The maximum absolute atomic E-state index is 10.9. The Hall–Kier alpha value is -1.43. The smallest absolute Gasteiger partial charge is 0.306 e. The quantitative estimate of drug-likeness (QED) is 0.788. The third-order valence-corrected chi connectivity index (χ3v) is 2.98. The summed E-state index contributed by atoms with van der Waals surface area (Å²) in [6, 6.07) is 0.244. The van der Waals surface area contributed by atoms with Gasteiger partial charge < -0.3 is 14.9 Å². The molecular weight excluding hydrogens is 210 g/mol. The summed E-state index contributed by atoms with van der Waals surface area (Å²) < 4.78 is 4.62. The molecule has 1 aliphatic carbocycles. The third kappa shape index (κ3) is 2.79. The monoisotopic (exact) mass is 225 g/mol. The number of hydrogen-bond donors (Lipinski definition) is 2. The van der Waals surface area contributed by atoms with Gasteiger partial charge >= 0.3 is 5.97 Å². The van der Waals surface area contributed by atoms with Crippen LogP contribution in [-0.4, -0.2) is 27.3 Å². The molecule has 2 N–H and O–H groups in total. The first-order valence-electron chi connectivity index (χ1n) is 5.47. The van der Waals surface area contributed by atoms with Crippen molar-refractivity contribution in [3.8, 4) is 0 Å². The van der Waals surface area contributed by atoms with Crippen molar-refractivity contribution in [1.29, 1.82) is 0 Å². The fraction of sp³-hybridized carbons (Fsp3) is 0.700. The first kappa shape index (κ1) is 11.1. The van der Waals surface area contributed by atoms with E-state index >= 15 is 0 Å². The fourth-order valence-corrected chi connectivity index (χ4v) is 2.11. The van der Waals surface area contributed by atoms with Gasteiger partial charge in [-0.15, -0.1) is 0 Å². The average molecular weight is 225 g/mol. The Labute approximate surface area is 93.0 Å². The third-order valence-electron chi connectivity index (χ3n) is 2.98. The van der Waals surface area contributed by atoms with Crippen molar-refractivity contribution < 1.29 is 14.4 Å². The lowest BCUT2D eigenvalue weighted by atomic mass is 9.86. The topological polar surface area (TPSA) is 88.2 Å². The highest BCUT2D eigenvalue weighted by atomic mass is 16.5. The summed E-state index contributed by atoms with van der Waals surface area (Å²) in [5.41, 5.74) is 0. The van der Waals surface area contributed by atoms with Crippen molar-refractivity contribution in [1.82, 2.24) is 15.5 Å². The van der Waals surface area contributed by atoms with Gasteiger partial charge in [0.05, 0.1) is 12.5 Å². The Morgan fingerprint density at radius 2 is 2.50 bits per heavy atom. The zero-order valence-electron chi connectivity index (χ0n) is 8.93. The van der Waals surface area contributed by atoms with Crippen molar-refractivity contribution in [3.63, 3.8) is 0 Å². The normalized spacial score (nSPS) is 25.5. The van der Waals surface area contributed by atoms with Crippen LogP contribution in [0.15, 0.2) is 10.9 Å². The van der Waals surface area contributed by atoms with Gasteiger partial charge in [0.15, 0.2) is 5.82 Å². The molecule has 1 heterocycles. The Morgan fingerprint density at radius 1 is 1.62 bits per heavy atom. The lowest BCUT2D eigenvalue weighted by molar-refractivity contribution is -0.143. The molecule has 0 spiro atoms. The number of nitrogens with one attached hydrogen (secondary N) is 1. The number of nitrogens with zero attached hydrogens (tertiary/aromatic N) is 2. The van der Waals surface area contributed by atoms with Crippen LogP contribution in [0, 0.1) is 5.92 Å². The molecule has 16 heavy (non-hydrogen) atoms. The largest absolute Gasteiger partial charge is 0.481 e. The Bertz CT molecular complexity index is 339. The van der Waals surface area contributed by atoms with Gasteiger partial charge in [-0.3, -0.25) is 4.79 Å². The van der Waals surface area contributed by atoms with Crippen LogP contribution in [-0.2, 0) is 11.3 Å². The van der Waals surface area contributed by atoms with Gasteiger partial charge in [-0.25, -0.2) is 0 Å². The van der Waals surface area contributed by atoms with E-state index in [4.69, 9.17) is 5.11 Å². The second kappa shape index (κ2) is 5.07. The van der Waals surface area contributed by atoms with Crippen molar-refractivity contribution >= 4 is 5.97 Å². The molecule has 1 aromatic heterocycles. The van der Waals surface area contributed by atoms with E-state index in [1.54, 1.807) is 0 Å². The van der Waals surface area contributed by atoms with Crippen LogP contribution < -0.4 is 5.32 Å². The Balaban J connectivity index is 1.79. The van der Waals surface area contributed by atoms with Crippen molar-refractivity contribution in [2.24, 2.45) is 5.92 Å². The maximum atomic E-state index is 10.9. The highest BCUT2D eigenvalue weighted by molar-refractivity contribution is 5.70. The van der Waals surface area contributed by atoms with Crippen LogP contribution in [0.5, 0.6) is 0 Å². The molecule has 0 bridgehead atoms. The summed E-state index contributed by atoms with van der Waals surface area (Å²) in [6.07, 6.45) is 4.74. The molecule has 0 amide bonds. The minimum absolute atomic E-state index is 0.212. The van der Waals surface area contributed by atoms with Gasteiger partial charge in [0, 0.05) is 6.04 Å². The molecule has 0 aromatic carbocycles. The molecule has 88 valence electrons. The highest BCUT2D eigenvalue weighted by Crippen LogP contribution is 2.24. The molecule has 1 saturated carbocycles. The number of hydrogen-bond acceptors (Lipinski definition) is 5. The van der Waals surface area contributed by atoms with Crippen molar-refractivity contribution in [3.05, 3.63) is 12.2 Å². The summed E-state index contributed by atoms with van der Waals surface area (Å²) in [6.45, 7) is 0.535. The molecule has 1 aromatic rings. The molecule has 0 aliphatic heterocycles. The fourth-order valence-electron chi connectivity index (χ4n) is 2.11. The number of carbonyl (C=O) groups is 1. The van der Waals surface area contributed by atoms with Crippen LogP contribution in [0.25, 0.3) is 0 Å². The SMILES string of the molecule is O=C(O)C1CCCC(NCc2ncon2)C1. The lowest BCUT2D eigenvalue weighted by Gasteiger charge is -2.26.